The van der Waals surface area contributed by atoms with Crippen LogP contribution in [0.15, 0.2) is 0 Å². The third kappa shape index (κ3) is 3.70. The zero-order chi connectivity index (χ0) is 11.4. The zero-order valence-electron chi connectivity index (χ0n) is 9.46. The van der Waals surface area contributed by atoms with Gasteiger partial charge in [-0.05, 0) is 26.0 Å². The topological polar surface area (TPSA) is 43.8 Å². The maximum atomic E-state index is 6.12. The molecule has 0 aromatic carbocycles. The highest BCUT2D eigenvalue weighted by molar-refractivity contribution is 7.98. The van der Waals surface area contributed by atoms with Crippen LogP contribution in [0, 0.1) is 6.92 Å². The molecule has 0 bridgehead atoms. The lowest BCUT2D eigenvalue weighted by Crippen LogP contribution is -2.15. The van der Waals surface area contributed by atoms with Gasteiger partial charge in [-0.2, -0.15) is 16.9 Å². The van der Waals surface area contributed by atoms with Crippen LogP contribution in [0.5, 0.6) is 0 Å². The number of halogens is 1. The average Bonchev–Trinajstić information content (AvgIpc) is 2.37. The Morgan fingerprint density at radius 1 is 1.60 bits per heavy atom. The molecule has 86 valence electrons. The fourth-order valence-electron chi connectivity index (χ4n) is 1.28. The molecule has 0 aliphatic heterocycles. The summed E-state index contributed by atoms with van der Waals surface area (Å²) in [6, 6.07) is 0.281. The van der Waals surface area contributed by atoms with Crippen LogP contribution in [0.4, 0.5) is 0 Å². The second kappa shape index (κ2) is 5.77. The Kier molecular flexibility index (Phi) is 4.96. The standard InChI is InChI=1S/C10H18ClN3S/c1-7(12)4-5-15-6-9-8(2)13-14(3)10(9)11/h7H,4-6,12H2,1-3H3. The van der Waals surface area contributed by atoms with E-state index in [1.54, 1.807) is 4.68 Å². The summed E-state index contributed by atoms with van der Waals surface area (Å²) in [4.78, 5) is 0. The zero-order valence-corrected chi connectivity index (χ0v) is 11.0. The minimum Gasteiger partial charge on any atom is -0.328 e. The Labute approximate surface area is 100 Å². The molecule has 0 saturated heterocycles. The Morgan fingerprint density at radius 2 is 2.27 bits per heavy atom. The number of thioether (sulfide) groups is 1. The summed E-state index contributed by atoms with van der Waals surface area (Å²) >= 11 is 7.98. The van der Waals surface area contributed by atoms with Gasteiger partial charge < -0.3 is 5.73 Å². The van der Waals surface area contributed by atoms with E-state index in [0.717, 1.165) is 34.3 Å². The molecule has 0 spiro atoms. The van der Waals surface area contributed by atoms with Gasteiger partial charge in [0.15, 0.2) is 0 Å². The molecule has 0 amide bonds. The molecule has 1 atom stereocenters. The predicted octanol–water partition coefficient (Wildman–Crippen LogP) is 2.35. The van der Waals surface area contributed by atoms with Crippen LogP contribution in [0.3, 0.4) is 0 Å². The first-order valence-electron chi connectivity index (χ1n) is 5.03. The summed E-state index contributed by atoms with van der Waals surface area (Å²) in [6.45, 7) is 4.02. The number of rotatable bonds is 5. The van der Waals surface area contributed by atoms with Crippen molar-refractivity contribution in [1.29, 1.82) is 0 Å². The van der Waals surface area contributed by atoms with Crippen LogP contribution in [0.25, 0.3) is 0 Å². The van der Waals surface area contributed by atoms with Gasteiger partial charge in [0, 0.05) is 24.4 Å². The number of nitrogens with two attached hydrogens (primary N) is 1. The van der Waals surface area contributed by atoms with Gasteiger partial charge in [0.1, 0.15) is 5.15 Å². The van der Waals surface area contributed by atoms with Crippen molar-refractivity contribution < 1.29 is 0 Å². The Balaban J connectivity index is 2.44. The molecule has 2 N–H and O–H groups in total. The molecular formula is C10H18ClN3S. The molecule has 0 aliphatic rings. The van der Waals surface area contributed by atoms with Crippen LogP contribution < -0.4 is 5.73 Å². The summed E-state index contributed by atoms with van der Waals surface area (Å²) in [5, 5.41) is 5.02. The van der Waals surface area contributed by atoms with Crippen molar-refractivity contribution in [2.45, 2.75) is 32.1 Å². The molecule has 0 radical (unpaired) electrons. The molecule has 1 heterocycles. The Morgan fingerprint density at radius 3 is 2.73 bits per heavy atom. The molecule has 0 saturated carbocycles. The van der Waals surface area contributed by atoms with Gasteiger partial charge in [-0.25, -0.2) is 0 Å². The Bertz CT molecular complexity index is 323. The maximum Gasteiger partial charge on any atom is 0.131 e. The van der Waals surface area contributed by atoms with Crippen molar-refractivity contribution in [1.82, 2.24) is 9.78 Å². The quantitative estimate of drug-likeness (QED) is 0.813. The van der Waals surface area contributed by atoms with Gasteiger partial charge in [0.25, 0.3) is 0 Å². The van der Waals surface area contributed by atoms with Gasteiger partial charge in [-0.15, -0.1) is 0 Å². The van der Waals surface area contributed by atoms with Crippen LogP contribution in [0.1, 0.15) is 24.6 Å². The summed E-state index contributed by atoms with van der Waals surface area (Å²) in [5.41, 5.74) is 7.85. The minimum absolute atomic E-state index is 0.281. The van der Waals surface area contributed by atoms with Crippen molar-refractivity contribution in [3.05, 3.63) is 16.4 Å². The van der Waals surface area contributed by atoms with Crippen LogP contribution in [-0.4, -0.2) is 21.6 Å². The first-order valence-corrected chi connectivity index (χ1v) is 6.57. The van der Waals surface area contributed by atoms with E-state index in [1.165, 1.54) is 0 Å². The maximum absolute atomic E-state index is 6.12. The van der Waals surface area contributed by atoms with Crippen LogP contribution in [-0.2, 0) is 12.8 Å². The Hall–Kier alpha value is -0.190. The van der Waals surface area contributed by atoms with E-state index >= 15 is 0 Å². The summed E-state index contributed by atoms with van der Waals surface area (Å²) in [7, 11) is 1.87. The van der Waals surface area contributed by atoms with E-state index in [2.05, 4.69) is 5.10 Å². The van der Waals surface area contributed by atoms with E-state index in [1.807, 2.05) is 32.7 Å². The van der Waals surface area contributed by atoms with Gasteiger partial charge in [0.05, 0.1) is 5.69 Å². The average molecular weight is 248 g/mol. The van der Waals surface area contributed by atoms with Crippen molar-refractivity contribution >= 4 is 23.4 Å². The number of aryl methyl sites for hydroxylation is 2. The smallest absolute Gasteiger partial charge is 0.131 e. The first-order chi connectivity index (χ1) is 7.02. The third-order valence-electron chi connectivity index (χ3n) is 2.23. The van der Waals surface area contributed by atoms with E-state index in [4.69, 9.17) is 17.3 Å². The van der Waals surface area contributed by atoms with Crippen molar-refractivity contribution in [3.8, 4) is 0 Å². The first kappa shape index (κ1) is 12.9. The summed E-state index contributed by atoms with van der Waals surface area (Å²) in [6.07, 6.45) is 1.04. The van der Waals surface area contributed by atoms with E-state index in [9.17, 15) is 0 Å². The van der Waals surface area contributed by atoms with Gasteiger partial charge in [0.2, 0.25) is 0 Å². The second-order valence-electron chi connectivity index (χ2n) is 3.80. The van der Waals surface area contributed by atoms with E-state index in [-0.39, 0.29) is 6.04 Å². The minimum atomic E-state index is 0.281. The predicted molar refractivity (Wildman–Crippen MR) is 67.4 cm³/mol. The number of hydrogen-bond donors (Lipinski definition) is 1. The normalized spacial score (nSPS) is 13.1. The molecule has 15 heavy (non-hydrogen) atoms. The molecule has 0 fully saturated rings. The van der Waals surface area contributed by atoms with Crippen molar-refractivity contribution in [2.75, 3.05) is 5.75 Å². The van der Waals surface area contributed by atoms with Crippen LogP contribution >= 0.6 is 23.4 Å². The van der Waals surface area contributed by atoms with Crippen LogP contribution in [0.2, 0.25) is 5.15 Å². The van der Waals surface area contributed by atoms with Crippen molar-refractivity contribution in [2.24, 2.45) is 12.8 Å². The van der Waals surface area contributed by atoms with E-state index < -0.39 is 0 Å². The van der Waals surface area contributed by atoms with Gasteiger partial charge in [-0.1, -0.05) is 11.6 Å². The number of hydrogen-bond acceptors (Lipinski definition) is 3. The molecule has 1 unspecified atom stereocenters. The van der Waals surface area contributed by atoms with Gasteiger partial charge >= 0.3 is 0 Å². The lowest BCUT2D eigenvalue weighted by Gasteiger charge is -2.04. The fourth-order valence-corrected chi connectivity index (χ4v) is 2.83. The second-order valence-corrected chi connectivity index (χ2v) is 5.26. The van der Waals surface area contributed by atoms with E-state index in [0.29, 0.717) is 0 Å². The monoisotopic (exact) mass is 247 g/mol. The highest BCUT2D eigenvalue weighted by atomic mass is 35.5. The molecular weight excluding hydrogens is 230 g/mol. The molecule has 3 nitrogen and oxygen atoms in total. The third-order valence-corrected chi connectivity index (χ3v) is 3.72. The lowest BCUT2D eigenvalue weighted by atomic mass is 10.3. The number of aromatic nitrogens is 2. The highest BCUT2D eigenvalue weighted by Gasteiger charge is 2.10. The number of nitrogens with zero attached hydrogens (tertiary/aromatic N) is 2. The lowest BCUT2D eigenvalue weighted by molar-refractivity contribution is 0.721. The molecule has 0 aliphatic carbocycles. The highest BCUT2D eigenvalue weighted by Crippen LogP contribution is 2.24. The van der Waals surface area contributed by atoms with Crippen molar-refractivity contribution in [3.63, 3.8) is 0 Å². The molecule has 1 rings (SSSR count). The molecule has 1 aromatic rings. The molecule has 5 heteroatoms. The fraction of sp³-hybridized carbons (Fsp3) is 0.700. The SMILES string of the molecule is Cc1nn(C)c(Cl)c1CSCCC(C)N. The summed E-state index contributed by atoms with van der Waals surface area (Å²) < 4.78 is 1.72. The molecule has 1 aromatic heterocycles. The largest absolute Gasteiger partial charge is 0.328 e. The van der Waals surface area contributed by atoms with Gasteiger partial charge in [-0.3, -0.25) is 4.68 Å². The summed E-state index contributed by atoms with van der Waals surface area (Å²) in [5.74, 6) is 1.99.